The van der Waals surface area contributed by atoms with Crippen LogP contribution in [-0.4, -0.2) is 23.5 Å². The summed E-state index contributed by atoms with van der Waals surface area (Å²) in [5, 5.41) is 0.802. The van der Waals surface area contributed by atoms with E-state index >= 15 is 0 Å². The number of nitrogens with zero attached hydrogens (tertiary/aromatic N) is 1. The van der Waals surface area contributed by atoms with E-state index in [4.69, 9.17) is 27.9 Å². The topological polar surface area (TPSA) is 46.6 Å². The van der Waals surface area contributed by atoms with Crippen molar-refractivity contribution in [2.24, 2.45) is 10.8 Å². The van der Waals surface area contributed by atoms with Gasteiger partial charge in [-0.3, -0.25) is 9.59 Å². The summed E-state index contributed by atoms with van der Waals surface area (Å²) in [4.78, 5) is 29.8. The van der Waals surface area contributed by atoms with Crippen LogP contribution >= 0.6 is 39.1 Å². The van der Waals surface area contributed by atoms with Crippen molar-refractivity contribution in [2.75, 3.05) is 7.05 Å². The molecule has 3 aliphatic rings. The minimum atomic E-state index is -0.570. The van der Waals surface area contributed by atoms with Crippen LogP contribution in [0, 0.1) is 10.8 Å². The van der Waals surface area contributed by atoms with E-state index in [2.05, 4.69) is 48.5 Å². The molecule has 0 fully saturated rings. The number of benzene rings is 2. The van der Waals surface area contributed by atoms with E-state index in [1.165, 1.54) is 0 Å². The van der Waals surface area contributed by atoms with Crippen molar-refractivity contribution < 1.29 is 14.3 Å². The molecule has 2 aromatic carbocycles. The summed E-state index contributed by atoms with van der Waals surface area (Å²) >= 11 is 16.8. The van der Waals surface area contributed by atoms with Gasteiger partial charge in [-0.15, -0.1) is 0 Å². The Hall–Kier alpha value is -2.08. The Morgan fingerprint density at radius 2 is 1.42 bits per heavy atom. The maximum atomic E-state index is 13.8. The summed E-state index contributed by atoms with van der Waals surface area (Å²) in [6, 6.07) is 11.3. The Bertz CT molecular complexity index is 1350. The number of hydrogen-bond donors (Lipinski definition) is 0. The van der Waals surface area contributed by atoms with E-state index in [1.807, 2.05) is 37.4 Å². The molecular weight excluding hydrogens is 585 g/mol. The molecule has 0 spiro atoms. The number of carbonyl (C=O) groups is 2. The predicted octanol–water partition coefficient (Wildman–Crippen LogP) is 8.65. The lowest BCUT2D eigenvalue weighted by atomic mass is 9.63. The third kappa shape index (κ3) is 5.10. The molecule has 0 aromatic heterocycles. The van der Waals surface area contributed by atoms with Crippen molar-refractivity contribution in [1.29, 1.82) is 0 Å². The second kappa shape index (κ2) is 9.83. The van der Waals surface area contributed by atoms with Crippen molar-refractivity contribution in [3.05, 3.63) is 84.6 Å². The summed E-state index contributed by atoms with van der Waals surface area (Å²) in [5.41, 5.74) is 4.61. The summed E-state index contributed by atoms with van der Waals surface area (Å²) < 4.78 is 7.33. The fraction of sp³-hybridized carbons (Fsp3) is 0.419. The molecule has 2 aromatic rings. The molecule has 0 saturated carbocycles. The van der Waals surface area contributed by atoms with Crippen LogP contribution in [0.2, 0.25) is 10.0 Å². The Labute approximate surface area is 243 Å². The van der Waals surface area contributed by atoms with Gasteiger partial charge in [-0.1, -0.05) is 79.0 Å². The molecule has 1 aliphatic heterocycles. The number of carbonyl (C=O) groups excluding carboxylic acids is 2. The number of rotatable bonds is 4. The van der Waals surface area contributed by atoms with Crippen LogP contribution in [0.5, 0.6) is 5.75 Å². The Morgan fingerprint density at radius 1 is 0.895 bits per heavy atom. The average molecular weight is 617 g/mol. The van der Waals surface area contributed by atoms with Crippen molar-refractivity contribution in [1.82, 2.24) is 4.90 Å². The van der Waals surface area contributed by atoms with Crippen molar-refractivity contribution in [2.45, 2.75) is 65.9 Å². The van der Waals surface area contributed by atoms with Gasteiger partial charge >= 0.3 is 0 Å². The van der Waals surface area contributed by atoms with E-state index in [-0.39, 0.29) is 29.0 Å². The minimum Gasteiger partial charge on any atom is -0.487 e. The molecule has 4 nitrogen and oxygen atoms in total. The van der Waals surface area contributed by atoms with Gasteiger partial charge in [-0.25, -0.2) is 0 Å². The van der Waals surface area contributed by atoms with Crippen LogP contribution in [0.25, 0.3) is 0 Å². The molecule has 0 atom stereocenters. The molecule has 0 bridgehead atoms. The fourth-order valence-corrected chi connectivity index (χ4v) is 6.99. The van der Waals surface area contributed by atoms with E-state index in [9.17, 15) is 9.59 Å². The first-order chi connectivity index (χ1) is 17.8. The van der Waals surface area contributed by atoms with Gasteiger partial charge in [0.2, 0.25) is 0 Å². The van der Waals surface area contributed by atoms with Gasteiger partial charge in [0.25, 0.3) is 0 Å². The predicted molar refractivity (Wildman–Crippen MR) is 156 cm³/mol. The third-order valence-corrected chi connectivity index (χ3v) is 8.85. The number of halogens is 3. The van der Waals surface area contributed by atoms with E-state index < -0.39 is 5.92 Å². The number of hydrogen-bond acceptors (Lipinski definition) is 4. The van der Waals surface area contributed by atoms with Gasteiger partial charge < -0.3 is 9.64 Å². The molecule has 0 saturated heterocycles. The minimum absolute atomic E-state index is 0.0623. The highest BCUT2D eigenvalue weighted by atomic mass is 79.9. The monoisotopic (exact) mass is 615 g/mol. The second-order valence-electron chi connectivity index (χ2n) is 12.3. The van der Waals surface area contributed by atoms with Crippen LogP contribution in [0.1, 0.15) is 70.4 Å². The van der Waals surface area contributed by atoms with E-state index in [1.54, 1.807) is 6.07 Å². The number of Topliss-reactive ketones (excluding diaryl/α,β-unsaturated/α-hetero) is 2. The molecule has 38 heavy (non-hydrogen) atoms. The van der Waals surface area contributed by atoms with Gasteiger partial charge in [0.05, 0.1) is 5.02 Å². The average Bonchev–Trinajstić information content (AvgIpc) is 2.79. The zero-order chi connectivity index (χ0) is 27.6. The molecule has 0 unspecified atom stereocenters. The normalized spacial score (nSPS) is 21.0. The highest BCUT2D eigenvalue weighted by Crippen LogP contribution is 2.56. The Morgan fingerprint density at radius 3 is 1.95 bits per heavy atom. The van der Waals surface area contributed by atoms with E-state index in [0.717, 1.165) is 34.3 Å². The van der Waals surface area contributed by atoms with Gasteiger partial charge in [0, 0.05) is 63.4 Å². The maximum absolute atomic E-state index is 13.8. The summed E-state index contributed by atoms with van der Waals surface area (Å²) in [6.07, 6.45) is 2.33. The summed E-state index contributed by atoms with van der Waals surface area (Å²) in [6.45, 7) is 8.79. The zero-order valence-electron chi connectivity index (χ0n) is 22.4. The quantitative estimate of drug-likeness (QED) is 0.345. The van der Waals surface area contributed by atoms with Crippen molar-refractivity contribution >= 4 is 50.7 Å². The van der Waals surface area contributed by atoms with Crippen molar-refractivity contribution in [3.8, 4) is 5.75 Å². The summed E-state index contributed by atoms with van der Waals surface area (Å²) in [7, 11) is 2.00. The van der Waals surface area contributed by atoms with Crippen molar-refractivity contribution in [3.63, 3.8) is 0 Å². The molecule has 1 heterocycles. The molecule has 200 valence electrons. The fourth-order valence-electron chi connectivity index (χ4n) is 6.16. The van der Waals surface area contributed by atoms with Gasteiger partial charge in [-0.05, 0) is 53.5 Å². The number of ketones is 2. The lowest BCUT2D eigenvalue weighted by Gasteiger charge is -2.48. The lowest BCUT2D eigenvalue weighted by molar-refractivity contribution is -0.119. The second-order valence-corrected chi connectivity index (χ2v) is 14.1. The molecule has 7 heteroatoms. The van der Waals surface area contributed by atoms with Crippen LogP contribution in [0.4, 0.5) is 0 Å². The standard InChI is InChI=1S/C31H32BrCl2NO3/c1-30(2)12-22-27(24(36)14-30)26(28-23(35(22)5)13-31(3,4)15-25(28)37)20-10-19(33)11-21(34)29(20)38-16-17-6-8-18(32)9-7-17/h6-11,26H,12-16H2,1-5H3. The number of ether oxygens (including phenoxy) is 1. The smallest absolute Gasteiger partial charge is 0.162 e. The molecule has 0 N–H and O–H groups in total. The Balaban J connectivity index is 1.70. The van der Waals surface area contributed by atoms with Crippen LogP contribution in [0.3, 0.4) is 0 Å². The highest BCUT2D eigenvalue weighted by molar-refractivity contribution is 9.10. The summed E-state index contributed by atoms with van der Waals surface area (Å²) in [5.74, 6) is 0.0153. The highest BCUT2D eigenvalue weighted by Gasteiger charge is 2.49. The molecule has 0 amide bonds. The number of allylic oxidation sites excluding steroid dienone is 4. The van der Waals surface area contributed by atoms with Gasteiger partial charge in [0.1, 0.15) is 12.4 Å². The van der Waals surface area contributed by atoms with Crippen LogP contribution < -0.4 is 4.74 Å². The zero-order valence-corrected chi connectivity index (χ0v) is 25.5. The van der Waals surface area contributed by atoms with Crippen LogP contribution in [0.15, 0.2) is 63.4 Å². The first-order valence-corrected chi connectivity index (χ1v) is 14.4. The van der Waals surface area contributed by atoms with Crippen LogP contribution in [-0.2, 0) is 16.2 Å². The third-order valence-electron chi connectivity index (χ3n) is 7.82. The first kappa shape index (κ1) is 27.5. The largest absolute Gasteiger partial charge is 0.487 e. The SMILES string of the molecule is CN1C2=C(C(=O)CC(C)(C)C2)C(c2cc(Cl)cc(Cl)c2OCc2ccc(Br)cc2)C2=C1CC(C)(C)CC2=O. The first-order valence-electron chi connectivity index (χ1n) is 12.9. The van der Waals surface area contributed by atoms with Gasteiger partial charge in [0.15, 0.2) is 11.6 Å². The lowest BCUT2D eigenvalue weighted by Crippen LogP contribution is -2.43. The molecular formula is C31H32BrCl2NO3. The van der Waals surface area contributed by atoms with Gasteiger partial charge in [-0.2, -0.15) is 0 Å². The Kier molecular flexibility index (Phi) is 7.11. The van der Waals surface area contributed by atoms with E-state index in [0.29, 0.717) is 45.3 Å². The molecule has 0 radical (unpaired) electrons. The molecule has 2 aliphatic carbocycles. The molecule has 5 rings (SSSR count). The maximum Gasteiger partial charge on any atom is 0.162 e.